The lowest BCUT2D eigenvalue weighted by atomic mass is 9.96. The number of hydrogen-bond donors (Lipinski definition) is 2. The highest BCUT2D eigenvalue weighted by Gasteiger charge is 2.20. The van der Waals surface area contributed by atoms with Gasteiger partial charge in [-0.05, 0) is 31.5 Å². The third-order valence-electron chi connectivity index (χ3n) is 2.39. The van der Waals surface area contributed by atoms with Crippen molar-refractivity contribution in [2.75, 3.05) is 6.54 Å². The van der Waals surface area contributed by atoms with Crippen LogP contribution in [0.4, 0.5) is 0 Å². The minimum Gasteiger partial charge on any atom is -0.508 e. The Balaban J connectivity index is 0.000000845. The summed E-state index contributed by atoms with van der Waals surface area (Å²) in [6.07, 6.45) is 1.14. The van der Waals surface area contributed by atoms with Crippen LogP contribution in [0.5, 0.6) is 5.75 Å². The highest BCUT2D eigenvalue weighted by Crippen LogP contribution is 2.30. The van der Waals surface area contributed by atoms with Gasteiger partial charge in [-0.15, -0.1) is 12.4 Å². The van der Waals surface area contributed by atoms with Crippen molar-refractivity contribution in [3.63, 3.8) is 0 Å². The van der Waals surface area contributed by atoms with Crippen LogP contribution in [0.1, 0.15) is 23.6 Å². The molecule has 3 heteroatoms. The average molecular weight is 200 g/mol. The first-order valence-corrected chi connectivity index (χ1v) is 4.30. The van der Waals surface area contributed by atoms with Crippen molar-refractivity contribution in [1.29, 1.82) is 0 Å². The Labute approximate surface area is 84.4 Å². The number of phenols is 1. The van der Waals surface area contributed by atoms with Gasteiger partial charge in [0.15, 0.2) is 0 Å². The van der Waals surface area contributed by atoms with Crippen molar-refractivity contribution in [3.05, 3.63) is 29.3 Å². The number of nitrogens with one attached hydrogen (secondary N) is 1. The maximum absolute atomic E-state index is 9.59. The van der Waals surface area contributed by atoms with Gasteiger partial charge in [0.25, 0.3) is 0 Å². The summed E-state index contributed by atoms with van der Waals surface area (Å²) in [5, 5.41) is 12.8. The SMILES string of the molecule is Cc1ccc([C@H]2CCN2)c(O)c1.Cl. The zero-order valence-electron chi connectivity index (χ0n) is 7.58. The highest BCUT2D eigenvalue weighted by molar-refractivity contribution is 5.85. The van der Waals surface area contributed by atoms with Gasteiger partial charge >= 0.3 is 0 Å². The molecule has 1 saturated heterocycles. The molecule has 0 radical (unpaired) electrons. The number of phenolic OH excluding ortho intramolecular Hbond substituents is 1. The van der Waals surface area contributed by atoms with E-state index in [2.05, 4.69) is 5.32 Å². The van der Waals surface area contributed by atoms with Crippen molar-refractivity contribution in [2.24, 2.45) is 0 Å². The summed E-state index contributed by atoms with van der Waals surface area (Å²) in [6, 6.07) is 6.23. The standard InChI is InChI=1S/C10H13NO.ClH/c1-7-2-3-8(10(12)6-7)9-4-5-11-9;/h2-3,6,9,11-12H,4-5H2,1H3;1H/t9-;/m1./s1. The molecule has 13 heavy (non-hydrogen) atoms. The first-order valence-electron chi connectivity index (χ1n) is 4.30. The van der Waals surface area contributed by atoms with E-state index >= 15 is 0 Å². The zero-order chi connectivity index (χ0) is 8.55. The summed E-state index contributed by atoms with van der Waals surface area (Å²) in [4.78, 5) is 0. The maximum atomic E-state index is 9.59. The molecule has 1 heterocycles. The van der Waals surface area contributed by atoms with Gasteiger partial charge in [0.1, 0.15) is 5.75 Å². The molecular weight excluding hydrogens is 186 g/mol. The van der Waals surface area contributed by atoms with E-state index in [0.29, 0.717) is 11.8 Å². The summed E-state index contributed by atoms with van der Waals surface area (Å²) in [7, 11) is 0. The quantitative estimate of drug-likeness (QED) is 0.727. The molecule has 1 aromatic carbocycles. The van der Waals surface area contributed by atoms with Crippen molar-refractivity contribution in [1.82, 2.24) is 5.32 Å². The third-order valence-corrected chi connectivity index (χ3v) is 2.39. The molecule has 2 nitrogen and oxygen atoms in total. The van der Waals surface area contributed by atoms with Gasteiger partial charge in [0.2, 0.25) is 0 Å². The minimum absolute atomic E-state index is 0. The predicted molar refractivity (Wildman–Crippen MR) is 55.5 cm³/mol. The van der Waals surface area contributed by atoms with Crippen LogP contribution in [0.3, 0.4) is 0 Å². The molecule has 1 aromatic rings. The average Bonchev–Trinajstić information content (AvgIpc) is 1.91. The molecule has 1 aliphatic heterocycles. The normalized spacial score (nSPS) is 20.2. The predicted octanol–water partition coefficient (Wildman–Crippen LogP) is 2.16. The Morgan fingerprint density at radius 2 is 2.15 bits per heavy atom. The van der Waals surface area contributed by atoms with E-state index in [-0.39, 0.29) is 12.4 Å². The summed E-state index contributed by atoms with van der Waals surface area (Å²) in [5.74, 6) is 0.423. The number of aryl methyl sites for hydroxylation is 1. The fraction of sp³-hybridized carbons (Fsp3) is 0.400. The van der Waals surface area contributed by atoms with Crippen LogP contribution in [0.15, 0.2) is 18.2 Å². The molecule has 2 rings (SSSR count). The number of aromatic hydroxyl groups is 1. The van der Waals surface area contributed by atoms with E-state index in [1.165, 1.54) is 0 Å². The van der Waals surface area contributed by atoms with Gasteiger partial charge in [0.05, 0.1) is 0 Å². The molecule has 0 saturated carbocycles. The molecule has 0 amide bonds. The molecule has 0 unspecified atom stereocenters. The van der Waals surface area contributed by atoms with E-state index in [1.54, 1.807) is 0 Å². The van der Waals surface area contributed by atoms with Crippen LogP contribution in [-0.2, 0) is 0 Å². The Hall–Kier alpha value is -0.730. The Morgan fingerprint density at radius 3 is 2.62 bits per heavy atom. The monoisotopic (exact) mass is 199 g/mol. The zero-order valence-corrected chi connectivity index (χ0v) is 8.40. The molecule has 1 atom stereocenters. The molecule has 0 bridgehead atoms. The molecule has 0 spiro atoms. The number of rotatable bonds is 1. The molecular formula is C10H14ClNO. The number of benzene rings is 1. The van der Waals surface area contributed by atoms with Crippen LogP contribution < -0.4 is 5.32 Å². The smallest absolute Gasteiger partial charge is 0.120 e. The lowest BCUT2D eigenvalue weighted by molar-refractivity contribution is 0.364. The van der Waals surface area contributed by atoms with Gasteiger partial charge in [-0.3, -0.25) is 0 Å². The summed E-state index contributed by atoms with van der Waals surface area (Å²) >= 11 is 0. The molecule has 1 fully saturated rings. The second kappa shape index (κ2) is 3.99. The van der Waals surface area contributed by atoms with E-state index in [9.17, 15) is 5.11 Å². The van der Waals surface area contributed by atoms with Gasteiger partial charge < -0.3 is 10.4 Å². The van der Waals surface area contributed by atoms with Crippen LogP contribution in [-0.4, -0.2) is 11.7 Å². The van der Waals surface area contributed by atoms with Gasteiger partial charge in [-0.1, -0.05) is 12.1 Å². The fourth-order valence-electron chi connectivity index (χ4n) is 1.50. The lowest BCUT2D eigenvalue weighted by Crippen LogP contribution is -2.34. The van der Waals surface area contributed by atoms with Crippen molar-refractivity contribution in [3.8, 4) is 5.75 Å². The van der Waals surface area contributed by atoms with Crippen molar-refractivity contribution < 1.29 is 5.11 Å². The Morgan fingerprint density at radius 1 is 1.46 bits per heavy atom. The molecule has 0 aromatic heterocycles. The molecule has 72 valence electrons. The van der Waals surface area contributed by atoms with E-state index in [0.717, 1.165) is 24.1 Å². The Bertz CT molecular complexity index is 297. The number of halogens is 1. The van der Waals surface area contributed by atoms with Crippen LogP contribution in [0, 0.1) is 6.92 Å². The second-order valence-corrected chi connectivity index (χ2v) is 3.36. The summed E-state index contributed by atoms with van der Waals surface area (Å²) < 4.78 is 0. The molecule has 2 N–H and O–H groups in total. The lowest BCUT2D eigenvalue weighted by Gasteiger charge is -2.28. The van der Waals surface area contributed by atoms with Crippen LogP contribution in [0.2, 0.25) is 0 Å². The van der Waals surface area contributed by atoms with Crippen molar-refractivity contribution in [2.45, 2.75) is 19.4 Å². The van der Waals surface area contributed by atoms with Crippen molar-refractivity contribution >= 4 is 12.4 Å². The topological polar surface area (TPSA) is 32.3 Å². The van der Waals surface area contributed by atoms with Crippen LogP contribution >= 0.6 is 12.4 Å². The van der Waals surface area contributed by atoms with Gasteiger partial charge in [-0.2, -0.15) is 0 Å². The Kier molecular flexibility index (Phi) is 3.17. The first kappa shape index (κ1) is 10.4. The fourth-order valence-corrected chi connectivity index (χ4v) is 1.50. The van der Waals surface area contributed by atoms with E-state index in [1.807, 2.05) is 25.1 Å². The maximum Gasteiger partial charge on any atom is 0.120 e. The third kappa shape index (κ3) is 1.95. The highest BCUT2D eigenvalue weighted by atomic mass is 35.5. The molecule has 1 aliphatic rings. The number of hydrogen-bond acceptors (Lipinski definition) is 2. The van der Waals surface area contributed by atoms with Gasteiger partial charge in [-0.25, -0.2) is 0 Å². The van der Waals surface area contributed by atoms with E-state index in [4.69, 9.17) is 0 Å². The minimum atomic E-state index is 0. The second-order valence-electron chi connectivity index (χ2n) is 3.36. The van der Waals surface area contributed by atoms with Crippen LogP contribution in [0.25, 0.3) is 0 Å². The molecule has 0 aliphatic carbocycles. The largest absolute Gasteiger partial charge is 0.508 e. The van der Waals surface area contributed by atoms with Gasteiger partial charge in [0, 0.05) is 11.6 Å². The van der Waals surface area contributed by atoms with E-state index < -0.39 is 0 Å². The summed E-state index contributed by atoms with van der Waals surface area (Å²) in [6.45, 7) is 3.05. The first-order chi connectivity index (χ1) is 5.77. The summed E-state index contributed by atoms with van der Waals surface area (Å²) in [5.41, 5.74) is 2.14.